The van der Waals surface area contributed by atoms with Gasteiger partial charge in [-0.25, -0.2) is 4.79 Å². The molecule has 7 heteroatoms. The van der Waals surface area contributed by atoms with E-state index in [1.807, 2.05) is 12.1 Å². The summed E-state index contributed by atoms with van der Waals surface area (Å²) in [6.45, 7) is 1.81. The molecule has 2 amide bonds. The number of amides is 2. The van der Waals surface area contributed by atoms with Gasteiger partial charge in [0.25, 0.3) is 0 Å². The molecular weight excluding hydrogens is 308 g/mol. The van der Waals surface area contributed by atoms with Crippen LogP contribution in [0.5, 0.6) is 0 Å². The highest BCUT2D eigenvalue weighted by molar-refractivity contribution is 6.30. The van der Waals surface area contributed by atoms with Crippen molar-refractivity contribution >= 4 is 23.6 Å². The quantitative estimate of drug-likeness (QED) is 0.814. The number of halogens is 1. The Morgan fingerprint density at radius 2 is 2.09 bits per heavy atom. The molecule has 0 spiro atoms. The Balaban J connectivity index is 1.83. The fourth-order valence-electron chi connectivity index (χ4n) is 2.26. The van der Waals surface area contributed by atoms with Crippen molar-refractivity contribution in [2.75, 3.05) is 26.2 Å². The van der Waals surface area contributed by atoms with E-state index < -0.39 is 5.97 Å². The molecule has 1 aliphatic heterocycles. The number of carbonyl (C=O) groups is 2. The molecule has 0 saturated carbocycles. The fourth-order valence-corrected chi connectivity index (χ4v) is 2.39. The maximum absolute atomic E-state index is 12.1. The van der Waals surface area contributed by atoms with E-state index in [9.17, 15) is 9.59 Å². The maximum atomic E-state index is 12.1. The van der Waals surface area contributed by atoms with E-state index in [1.165, 1.54) is 0 Å². The van der Waals surface area contributed by atoms with Gasteiger partial charge in [0.1, 0.15) is 6.10 Å². The number of morpholine rings is 1. The Morgan fingerprint density at radius 1 is 1.36 bits per heavy atom. The van der Waals surface area contributed by atoms with Crippen molar-refractivity contribution in [2.45, 2.75) is 18.9 Å². The number of urea groups is 1. The number of carbonyl (C=O) groups excluding carboxylic acids is 1. The molecule has 0 radical (unpaired) electrons. The van der Waals surface area contributed by atoms with Crippen LogP contribution in [0.4, 0.5) is 4.79 Å². The Morgan fingerprint density at radius 3 is 2.77 bits per heavy atom. The third-order valence-electron chi connectivity index (χ3n) is 3.44. The van der Waals surface area contributed by atoms with Crippen LogP contribution in [-0.4, -0.2) is 48.2 Å². The van der Waals surface area contributed by atoms with Gasteiger partial charge in [0.15, 0.2) is 0 Å². The zero-order chi connectivity index (χ0) is 15.9. The smallest absolute Gasteiger partial charge is 0.317 e. The van der Waals surface area contributed by atoms with Gasteiger partial charge < -0.3 is 20.1 Å². The zero-order valence-corrected chi connectivity index (χ0v) is 12.9. The minimum absolute atomic E-state index is 0.0524. The lowest BCUT2D eigenvalue weighted by molar-refractivity contribution is -0.137. The molecule has 1 aromatic rings. The average Bonchev–Trinajstić information content (AvgIpc) is 2.52. The molecule has 0 unspecified atom stereocenters. The number of hydrogen-bond donors (Lipinski definition) is 2. The molecule has 1 fully saturated rings. The second-order valence-electron chi connectivity index (χ2n) is 5.09. The Bertz CT molecular complexity index is 521. The van der Waals surface area contributed by atoms with Gasteiger partial charge in [0.2, 0.25) is 0 Å². The highest BCUT2D eigenvalue weighted by atomic mass is 35.5. The van der Waals surface area contributed by atoms with E-state index in [2.05, 4.69) is 5.32 Å². The largest absolute Gasteiger partial charge is 0.481 e. The molecule has 22 heavy (non-hydrogen) atoms. The SMILES string of the molecule is O=C(O)CCCNC(=O)N1CCO[C@@H](c2ccc(Cl)cc2)C1. The van der Waals surface area contributed by atoms with Crippen molar-refractivity contribution in [3.63, 3.8) is 0 Å². The number of carboxylic acids is 1. The van der Waals surface area contributed by atoms with Gasteiger partial charge in [0.05, 0.1) is 13.2 Å². The molecule has 2 rings (SSSR count). The van der Waals surface area contributed by atoms with Gasteiger partial charge in [0, 0.05) is 24.5 Å². The first kappa shape index (κ1) is 16.6. The maximum Gasteiger partial charge on any atom is 0.317 e. The van der Waals surface area contributed by atoms with Crippen LogP contribution in [0.2, 0.25) is 5.02 Å². The summed E-state index contributed by atoms with van der Waals surface area (Å²) in [6, 6.07) is 7.19. The first-order chi connectivity index (χ1) is 10.6. The summed E-state index contributed by atoms with van der Waals surface area (Å²) in [5, 5.41) is 12.0. The number of ether oxygens (including phenoxy) is 1. The Kier molecular flexibility index (Phi) is 6.03. The molecular formula is C15H19ClN2O4. The van der Waals surface area contributed by atoms with Crippen LogP contribution in [0.15, 0.2) is 24.3 Å². The number of nitrogens with zero attached hydrogens (tertiary/aromatic N) is 1. The van der Waals surface area contributed by atoms with Crippen molar-refractivity contribution < 1.29 is 19.4 Å². The van der Waals surface area contributed by atoms with Crippen molar-refractivity contribution in [3.05, 3.63) is 34.9 Å². The molecule has 120 valence electrons. The number of benzene rings is 1. The molecule has 2 N–H and O–H groups in total. The van der Waals surface area contributed by atoms with Gasteiger partial charge in [-0.2, -0.15) is 0 Å². The molecule has 1 aliphatic rings. The molecule has 1 aromatic carbocycles. The molecule has 1 saturated heterocycles. The van der Waals surface area contributed by atoms with Crippen molar-refractivity contribution in [1.29, 1.82) is 0 Å². The number of carboxylic acid groups (broad SMARTS) is 1. The summed E-state index contributed by atoms with van der Waals surface area (Å²) >= 11 is 5.87. The predicted octanol–water partition coefficient (Wildman–Crippen LogP) is 2.29. The summed E-state index contributed by atoms with van der Waals surface area (Å²) in [7, 11) is 0. The standard InChI is InChI=1S/C15H19ClN2O4/c16-12-5-3-11(4-6-12)13-10-18(8-9-22-13)15(21)17-7-1-2-14(19)20/h3-6,13H,1-2,7-10H2,(H,17,21)(H,19,20)/t13-/m1/s1. The summed E-state index contributed by atoms with van der Waals surface area (Å²) < 4.78 is 5.70. The number of hydrogen-bond acceptors (Lipinski definition) is 3. The second-order valence-corrected chi connectivity index (χ2v) is 5.52. The molecule has 1 atom stereocenters. The topological polar surface area (TPSA) is 78.9 Å². The van der Waals surface area contributed by atoms with Gasteiger partial charge in [-0.15, -0.1) is 0 Å². The van der Waals surface area contributed by atoms with Crippen molar-refractivity contribution in [3.8, 4) is 0 Å². The summed E-state index contributed by atoms with van der Waals surface area (Å²) in [5.74, 6) is -0.858. The molecule has 6 nitrogen and oxygen atoms in total. The highest BCUT2D eigenvalue weighted by Gasteiger charge is 2.25. The molecule has 1 heterocycles. The van der Waals surface area contributed by atoms with Crippen molar-refractivity contribution in [2.24, 2.45) is 0 Å². The summed E-state index contributed by atoms with van der Waals surface area (Å²) in [4.78, 5) is 24.2. The first-order valence-corrected chi connectivity index (χ1v) is 7.55. The number of aliphatic carboxylic acids is 1. The second kappa shape index (κ2) is 8.00. The van der Waals surface area contributed by atoms with E-state index in [1.54, 1.807) is 17.0 Å². The van der Waals surface area contributed by atoms with Gasteiger partial charge in [-0.3, -0.25) is 4.79 Å². The monoisotopic (exact) mass is 326 g/mol. The van der Waals surface area contributed by atoms with E-state index >= 15 is 0 Å². The Labute approximate surface area is 134 Å². The van der Waals surface area contributed by atoms with Crippen LogP contribution < -0.4 is 5.32 Å². The lowest BCUT2D eigenvalue weighted by atomic mass is 10.1. The number of rotatable bonds is 5. The molecule has 0 aliphatic carbocycles. The van der Waals surface area contributed by atoms with E-state index in [0.717, 1.165) is 5.56 Å². The minimum atomic E-state index is -0.858. The van der Waals surface area contributed by atoms with Crippen LogP contribution in [-0.2, 0) is 9.53 Å². The van der Waals surface area contributed by atoms with Gasteiger partial charge in [-0.05, 0) is 24.1 Å². The summed E-state index contributed by atoms with van der Waals surface area (Å²) in [6.07, 6.45) is 0.304. The summed E-state index contributed by atoms with van der Waals surface area (Å²) in [5.41, 5.74) is 0.979. The van der Waals surface area contributed by atoms with Gasteiger partial charge in [-0.1, -0.05) is 23.7 Å². The number of nitrogens with one attached hydrogen (secondary N) is 1. The van der Waals surface area contributed by atoms with Gasteiger partial charge >= 0.3 is 12.0 Å². The Hall–Kier alpha value is -1.79. The normalized spacial score (nSPS) is 18.0. The lowest BCUT2D eigenvalue weighted by Crippen LogP contribution is -2.47. The fraction of sp³-hybridized carbons (Fsp3) is 0.467. The first-order valence-electron chi connectivity index (χ1n) is 7.18. The zero-order valence-electron chi connectivity index (χ0n) is 12.1. The van der Waals surface area contributed by atoms with Crippen LogP contribution in [0.25, 0.3) is 0 Å². The predicted molar refractivity (Wildman–Crippen MR) is 82.0 cm³/mol. The van der Waals surface area contributed by atoms with Crippen LogP contribution >= 0.6 is 11.6 Å². The van der Waals surface area contributed by atoms with Crippen molar-refractivity contribution in [1.82, 2.24) is 10.2 Å². The van der Waals surface area contributed by atoms with E-state index in [0.29, 0.717) is 37.7 Å². The van der Waals surface area contributed by atoms with Crippen LogP contribution in [0.1, 0.15) is 24.5 Å². The van der Waals surface area contributed by atoms with Crippen LogP contribution in [0.3, 0.4) is 0 Å². The lowest BCUT2D eigenvalue weighted by Gasteiger charge is -2.33. The van der Waals surface area contributed by atoms with E-state index in [-0.39, 0.29) is 18.6 Å². The minimum Gasteiger partial charge on any atom is -0.481 e. The third-order valence-corrected chi connectivity index (χ3v) is 3.69. The van der Waals surface area contributed by atoms with Crippen LogP contribution in [0, 0.1) is 0 Å². The highest BCUT2D eigenvalue weighted by Crippen LogP contribution is 2.23. The third kappa shape index (κ3) is 4.89. The van der Waals surface area contributed by atoms with E-state index in [4.69, 9.17) is 21.4 Å². The molecule has 0 aromatic heterocycles. The molecule has 0 bridgehead atoms. The average molecular weight is 327 g/mol.